The summed E-state index contributed by atoms with van der Waals surface area (Å²) in [4.78, 5) is 39.5. The normalized spacial score (nSPS) is 20.2. The average Bonchev–Trinajstić information content (AvgIpc) is 2.99. The maximum absolute atomic E-state index is 13.3. The Morgan fingerprint density at radius 3 is 2.67 bits per heavy atom. The Morgan fingerprint density at radius 2 is 1.93 bits per heavy atom. The number of unbranched alkanes of at least 4 members (excludes halogenated alkanes) is 3. The van der Waals surface area contributed by atoms with E-state index in [1.807, 2.05) is 0 Å². The van der Waals surface area contributed by atoms with E-state index in [2.05, 4.69) is 12.2 Å². The van der Waals surface area contributed by atoms with E-state index in [-0.39, 0.29) is 17.6 Å². The largest absolute Gasteiger partial charge is 0.496 e. The molecule has 2 amide bonds. The lowest BCUT2D eigenvalue weighted by molar-refractivity contribution is -0.160. The highest BCUT2D eigenvalue weighted by Crippen LogP contribution is 2.29. The summed E-state index contributed by atoms with van der Waals surface area (Å²) in [5.74, 6) is -0.286. The third-order valence-corrected chi connectivity index (χ3v) is 5.84. The van der Waals surface area contributed by atoms with Crippen molar-refractivity contribution in [1.29, 1.82) is 0 Å². The number of methoxy groups -OCH3 is 1. The topological polar surface area (TPSA) is 79.0 Å². The number of ketones is 1. The number of benzene rings is 1. The second kappa shape index (κ2) is 10.00. The molecule has 0 aromatic heterocycles. The number of rotatable bonds is 9. The van der Waals surface area contributed by atoms with Gasteiger partial charge in [0.25, 0.3) is 11.8 Å². The summed E-state index contributed by atoms with van der Waals surface area (Å²) in [5.41, 5.74) is 1.53. The molecule has 2 aliphatic rings. The number of nitrogens with zero attached hydrogens (tertiary/aromatic N) is 2. The molecule has 1 unspecified atom stereocenters. The third kappa shape index (κ3) is 4.32. The standard InChI is InChI=1S/C23H31N3O4/c1-4-5-6-7-10-17-16(2)22(28)26(23(17)29)25-14-13-24-15-19(25)21(27)18-11-8-9-12-20(18)30-3/h8-9,11-12,19,24H,4-7,10,13-15H2,1-3H3. The lowest BCUT2D eigenvalue weighted by atomic mass is 10.0. The Hall–Kier alpha value is -2.51. The van der Waals surface area contributed by atoms with Gasteiger partial charge in [-0.05, 0) is 31.9 Å². The molecule has 0 aliphatic carbocycles. The molecule has 0 bridgehead atoms. The lowest BCUT2D eigenvalue weighted by Crippen LogP contribution is -2.62. The Morgan fingerprint density at radius 1 is 1.17 bits per heavy atom. The van der Waals surface area contributed by atoms with Gasteiger partial charge >= 0.3 is 0 Å². The molecule has 7 heteroatoms. The van der Waals surface area contributed by atoms with Crippen LogP contribution in [0.15, 0.2) is 35.4 Å². The van der Waals surface area contributed by atoms with Gasteiger partial charge in [0.2, 0.25) is 0 Å². The van der Waals surface area contributed by atoms with E-state index in [1.54, 1.807) is 36.2 Å². The van der Waals surface area contributed by atoms with E-state index < -0.39 is 6.04 Å². The van der Waals surface area contributed by atoms with E-state index in [9.17, 15) is 14.4 Å². The van der Waals surface area contributed by atoms with Crippen LogP contribution in [0, 0.1) is 0 Å². The van der Waals surface area contributed by atoms with Gasteiger partial charge < -0.3 is 10.1 Å². The second-order valence-corrected chi connectivity index (χ2v) is 7.78. The number of hydrogen-bond acceptors (Lipinski definition) is 6. The fourth-order valence-electron chi connectivity index (χ4n) is 4.11. The average molecular weight is 414 g/mol. The van der Waals surface area contributed by atoms with Crippen LogP contribution in [0.25, 0.3) is 0 Å². The number of nitrogens with one attached hydrogen (secondary N) is 1. The number of hydrazine groups is 1. The monoisotopic (exact) mass is 413 g/mol. The predicted octanol–water partition coefficient (Wildman–Crippen LogP) is 2.72. The van der Waals surface area contributed by atoms with Crippen molar-refractivity contribution < 1.29 is 19.1 Å². The van der Waals surface area contributed by atoms with Crippen molar-refractivity contribution in [3.8, 4) is 5.75 Å². The van der Waals surface area contributed by atoms with E-state index in [4.69, 9.17) is 4.74 Å². The Balaban J connectivity index is 1.82. The van der Waals surface area contributed by atoms with Crippen LogP contribution in [0.4, 0.5) is 0 Å². The van der Waals surface area contributed by atoms with E-state index in [0.29, 0.717) is 48.5 Å². The van der Waals surface area contributed by atoms with E-state index in [0.717, 1.165) is 25.7 Å². The van der Waals surface area contributed by atoms with Crippen LogP contribution in [0.2, 0.25) is 0 Å². The minimum absolute atomic E-state index is 0.172. The molecule has 1 N–H and O–H groups in total. The van der Waals surface area contributed by atoms with Crippen LogP contribution in [-0.4, -0.2) is 60.4 Å². The van der Waals surface area contributed by atoms with Crippen molar-refractivity contribution in [2.75, 3.05) is 26.7 Å². The fourth-order valence-corrected chi connectivity index (χ4v) is 4.11. The fraction of sp³-hybridized carbons (Fsp3) is 0.522. The van der Waals surface area contributed by atoms with Crippen molar-refractivity contribution in [1.82, 2.24) is 15.3 Å². The first-order valence-corrected chi connectivity index (χ1v) is 10.7. The SMILES string of the molecule is CCCCCCC1=C(C)C(=O)N(N2CCNCC2C(=O)c2ccccc2OC)C1=O. The quantitative estimate of drug-likeness (QED) is 0.381. The van der Waals surface area contributed by atoms with Gasteiger partial charge in [-0.2, -0.15) is 5.01 Å². The molecule has 0 saturated carbocycles. The number of para-hydroxylation sites is 1. The summed E-state index contributed by atoms with van der Waals surface area (Å²) in [6.07, 6.45) is 4.76. The molecule has 1 aromatic rings. The highest BCUT2D eigenvalue weighted by molar-refractivity contribution is 6.19. The number of ether oxygens (including phenoxy) is 1. The van der Waals surface area contributed by atoms with Gasteiger partial charge in [-0.1, -0.05) is 38.3 Å². The van der Waals surface area contributed by atoms with Gasteiger partial charge in [-0.15, -0.1) is 0 Å². The number of amides is 2. The van der Waals surface area contributed by atoms with Crippen LogP contribution in [0.3, 0.4) is 0 Å². The first kappa shape index (κ1) is 22.2. The molecule has 2 aliphatic heterocycles. The van der Waals surface area contributed by atoms with Gasteiger partial charge in [-0.3, -0.25) is 14.4 Å². The minimum atomic E-state index is -0.657. The molecule has 3 rings (SSSR count). The number of imide groups is 1. The summed E-state index contributed by atoms with van der Waals surface area (Å²) in [6, 6.07) is 6.38. The number of hydrogen-bond donors (Lipinski definition) is 1. The van der Waals surface area contributed by atoms with Crippen LogP contribution < -0.4 is 10.1 Å². The van der Waals surface area contributed by atoms with Crippen molar-refractivity contribution in [3.63, 3.8) is 0 Å². The van der Waals surface area contributed by atoms with Crippen molar-refractivity contribution >= 4 is 17.6 Å². The van der Waals surface area contributed by atoms with Crippen LogP contribution in [0.5, 0.6) is 5.75 Å². The van der Waals surface area contributed by atoms with Crippen molar-refractivity contribution in [2.45, 2.75) is 52.0 Å². The Labute approximate surface area is 178 Å². The lowest BCUT2D eigenvalue weighted by Gasteiger charge is -2.39. The molecule has 0 radical (unpaired) electrons. The number of piperazine rings is 1. The second-order valence-electron chi connectivity index (χ2n) is 7.78. The maximum Gasteiger partial charge on any atom is 0.271 e. The zero-order valence-corrected chi connectivity index (χ0v) is 18.1. The predicted molar refractivity (Wildman–Crippen MR) is 114 cm³/mol. The highest BCUT2D eigenvalue weighted by atomic mass is 16.5. The smallest absolute Gasteiger partial charge is 0.271 e. The summed E-state index contributed by atoms with van der Waals surface area (Å²) >= 11 is 0. The first-order chi connectivity index (χ1) is 14.5. The van der Waals surface area contributed by atoms with Gasteiger partial charge in [0.1, 0.15) is 11.8 Å². The molecule has 30 heavy (non-hydrogen) atoms. The maximum atomic E-state index is 13.3. The van der Waals surface area contributed by atoms with Crippen molar-refractivity contribution in [2.24, 2.45) is 0 Å². The van der Waals surface area contributed by atoms with Gasteiger partial charge in [0.05, 0.1) is 12.7 Å². The number of Topliss-reactive ketones (excluding diaryl/α,β-unsaturated/α-hetero) is 1. The molecular formula is C23H31N3O4. The Kier molecular flexibility index (Phi) is 7.39. The zero-order valence-electron chi connectivity index (χ0n) is 18.1. The van der Waals surface area contributed by atoms with Crippen LogP contribution in [0.1, 0.15) is 56.3 Å². The molecular weight excluding hydrogens is 382 g/mol. The number of carbonyl (C=O) groups excluding carboxylic acids is 3. The molecule has 2 heterocycles. The first-order valence-electron chi connectivity index (χ1n) is 10.7. The summed E-state index contributed by atoms with van der Waals surface area (Å²) < 4.78 is 5.34. The highest BCUT2D eigenvalue weighted by Gasteiger charge is 2.44. The van der Waals surface area contributed by atoms with E-state index >= 15 is 0 Å². The summed E-state index contributed by atoms with van der Waals surface area (Å²) in [7, 11) is 1.52. The minimum Gasteiger partial charge on any atom is -0.496 e. The third-order valence-electron chi connectivity index (χ3n) is 5.84. The molecule has 1 atom stereocenters. The van der Waals surface area contributed by atoms with Crippen molar-refractivity contribution in [3.05, 3.63) is 41.0 Å². The summed E-state index contributed by atoms with van der Waals surface area (Å²) in [6.45, 7) is 5.21. The molecule has 162 valence electrons. The van der Waals surface area contributed by atoms with Crippen LogP contribution in [-0.2, 0) is 9.59 Å². The van der Waals surface area contributed by atoms with Gasteiger partial charge in [0.15, 0.2) is 5.78 Å². The molecule has 1 saturated heterocycles. The number of carbonyl (C=O) groups is 3. The molecule has 1 fully saturated rings. The molecule has 7 nitrogen and oxygen atoms in total. The van der Waals surface area contributed by atoms with E-state index in [1.165, 1.54) is 12.1 Å². The zero-order chi connectivity index (χ0) is 21.7. The molecule has 1 aromatic carbocycles. The van der Waals surface area contributed by atoms with Gasteiger partial charge in [0, 0.05) is 30.8 Å². The van der Waals surface area contributed by atoms with Gasteiger partial charge in [-0.25, -0.2) is 5.01 Å². The van der Waals surface area contributed by atoms with Crippen LogP contribution >= 0.6 is 0 Å². The summed E-state index contributed by atoms with van der Waals surface area (Å²) in [5, 5.41) is 6.05. The Bertz CT molecular complexity index is 849. The molecule has 0 spiro atoms.